The van der Waals surface area contributed by atoms with Gasteiger partial charge < -0.3 is 14.6 Å². The number of aromatic amines is 1. The molecule has 1 aliphatic carbocycles. The summed E-state index contributed by atoms with van der Waals surface area (Å²) in [6.07, 6.45) is 6.83. The van der Waals surface area contributed by atoms with Crippen LogP contribution in [0.1, 0.15) is 63.5 Å². The molecule has 0 radical (unpaired) electrons. The highest BCUT2D eigenvalue weighted by atomic mass is 16.5. The number of Topliss-reactive ketones (excluding diaryl/α,β-unsaturated/α-hetero) is 1. The lowest BCUT2D eigenvalue weighted by Gasteiger charge is -2.39. The number of carbonyl (C=O) groups excluding carboxylic acids is 1. The third kappa shape index (κ3) is 5.14. The molecule has 2 aliphatic rings. The van der Waals surface area contributed by atoms with Gasteiger partial charge in [0.15, 0.2) is 11.6 Å². The Morgan fingerprint density at radius 1 is 1.08 bits per heavy atom. The molecule has 192 valence electrons. The van der Waals surface area contributed by atoms with Crippen LogP contribution in [0.25, 0.3) is 17.2 Å². The summed E-state index contributed by atoms with van der Waals surface area (Å²) in [5.74, 6) is 0.918. The van der Waals surface area contributed by atoms with Crippen LogP contribution in [0, 0.1) is 5.41 Å². The first-order chi connectivity index (χ1) is 17.5. The lowest BCUT2D eigenvalue weighted by molar-refractivity contribution is -0.153. The van der Waals surface area contributed by atoms with Crippen LogP contribution < -0.4 is 5.56 Å². The van der Waals surface area contributed by atoms with Crippen LogP contribution in [-0.2, 0) is 20.9 Å². The van der Waals surface area contributed by atoms with Crippen molar-refractivity contribution in [1.29, 1.82) is 0 Å². The number of fused-ring (bicyclic) bond motifs is 1. The molecule has 1 saturated carbocycles. The maximum Gasteiger partial charge on any atom is 0.274 e. The first kappa shape index (κ1) is 24.8. The molecule has 1 saturated heterocycles. The summed E-state index contributed by atoms with van der Waals surface area (Å²) in [6.45, 7) is 1.39. The standard InChI is InChI=1S/C27H34N4O5/c32-19-26(13-15-35-16-14-26)12-9-22(33)27(10-5-2-6-11-27)36-18-21-17-23(34)31-25(28-21)29-24(30-31)20-7-3-1-4-8-20/h1,3-4,7-8,17,32H,2,5-6,9-16,18-19H2,(H,28,29,30). The fourth-order valence-corrected chi connectivity index (χ4v) is 5.46. The molecule has 1 aromatic carbocycles. The van der Waals surface area contributed by atoms with Gasteiger partial charge in [-0.2, -0.15) is 9.50 Å². The van der Waals surface area contributed by atoms with E-state index in [0.717, 1.165) is 37.7 Å². The number of aliphatic hydroxyl groups excluding tert-OH is 1. The minimum atomic E-state index is -0.867. The Morgan fingerprint density at radius 3 is 2.56 bits per heavy atom. The van der Waals surface area contributed by atoms with Crippen molar-refractivity contribution in [2.24, 2.45) is 5.41 Å². The molecule has 5 rings (SSSR count). The first-order valence-electron chi connectivity index (χ1n) is 12.9. The van der Waals surface area contributed by atoms with Crippen molar-refractivity contribution in [2.75, 3.05) is 19.8 Å². The van der Waals surface area contributed by atoms with Crippen LogP contribution in [-0.4, -0.2) is 55.9 Å². The molecule has 0 spiro atoms. The average molecular weight is 495 g/mol. The zero-order valence-electron chi connectivity index (χ0n) is 20.6. The van der Waals surface area contributed by atoms with Gasteiger partial charge in [0.25, 0.3) is 11.3 Å². The number of benzene rings is 1. The van der Waals surface area contributed by atoms with Crippen molar-refractivity contribution in [2.45, 2.75) is 70.0 Å². The topological polar surface area (TPSA) is 119 Å². The number of H-pyrrole nitrogens is 1. The van der Waals surface area contributed by atoms with E-state index >= 15 is 0 Å². The lowest BCUT2D eigenvalue weighted by Crippen LogP contribution is -2.44. The van der Waals surface area contributed by atoms with Crippen molar-refractivity contribution in [3.8, 4) is 11.4 Å². The monoisotopic (exact) mass is 494 g/mol. The predicted molar refractivity (Wildman–Crippen MR) is 133 cm³/mol. The van der Waals surface area contributed by atoms with Gasteiger partial charge in [0, 0.05) is 37.9 Å². The van der Waals surface area contributed by atoms with E-state index in [1.165, 1.54) is 10.6 Å². The van der Waals surface area contributed by atoms with Crippen LogP contribution in [0.5, 0.6) is 0 Å². The van der Waals surface area contributed by atoms with Crippen molar-refractivity contribution in [3.05, 3.63) is 52.4 Å². The molecule has 2 N–H and O–H groups in total. The van der Waals surface area contributed by atoms with Gasteiger partial charge in [0.05, 0.1) is 12.3 Å². The highest BCUT2D eigenvalue weighted by Gasteiger charge is 2.42. The molecule has 3 aromatic rings. The third-order valence-corrected chi connectivity index (χ3v) is 7.87. The molecule has 0 amide bonds. The average Bonchev–Trinajstić information content (AvgIpc) is 3.37. The molecule has 9 nitrogen and oxygen atoms in total. The van der Waals surface area contributed by atoms with E-state index in [0.29, 0.717) is 50.4 Å². The lowest BCUT2D eigenvalue weighted by atomic mass is 9.73. The van der Waals surface area contributed by atoms with E-state index in [9.17, 15) is 14.7 Å². The van der Waals surface area contributed by atoms with Crippen molar-refractivity contribution in [3.63, 3.8) is 0 Å². The summed E-state index contributed by atoms with van der Waals surface area (Å²) in [7, 11) is 0. The Kier molecular flexibility index (Phi) is 7.32. The summed E-state index contributed by atoms with van der Waals surface area (Å²) in [6, 6.07) is 11.0. The van der Waals surface area contributed by atoms with E-state index in [4.69, 9.17) is 9.47 Å². The van der Waals surface area contributed by atoms with Gasteiger partial charge >= 0.3 is 0 Å². The van der Waals surface area contributed by atoms with E-state index < -0.39 is 5.60 Å². The first-order valence-corrected chi connectivity index (χ1v) is 12.9. The van der Waals surface area contributed by atoms with Gasteiger partial charge in [-0.3, -0.25) is 14.7 Å². The zero-order valence-corrected chi connectivity index (χ0v) is 20.6. The summed E-state index contributed by atoms with van der Waals surface area (Å²) in [4.78, 5) is 35.3. The number of carbonyl (C=O) groups is 1. The number of aromatic nitrogens is 4. The second kappa shape index (κ2) is 10.6. The fraction of sp³-hybridized carbons (Fsp3) is 0.556. The highest BCUT2D eigenvalue weighted by molar-refractivity contribution is 5.87. The van der Waals surface area contributed by atoms with Crippen LogP contribution in [0.4, 0.5) is 0 Å². The molecule has 1 aliphatic heterocycles. The molecule has 0 atom stereocenters. The molecular formula is C27H34N4O5. The number of nitrogens with zero attached hydrogens (tertiary/aromatic N) is 3. The molecular weight excluding hydrogens is 460 g/mol. The van der Waals surface area contributed by atoms with Crippen molar-refractivity contribution in [1.82, 2.24) is 19.6 Å². The summed E-state index contributed by atoms with van der Waals surface area (Å²) in [5, 5.41) is 13.0. The molecule has 2 aromatic heterocycles. The Labute approximate surface area is 209 Å². The van der Waals surface area contributed by atoms with Gasteiger partial charge in [0.2, 0.25) is 0 Å². The Hall–Kier alpha value is -2.88. The summed E-state index contributed by atoms with van der Waals surface area (Å²) >= 11 is 0. The third-order valence-electron chi connectivity index (χ3n) is 7.87. The van der Waals surface area contributed by atoms with Crippen molar-refractivity contribution >= 4 is 11.6 Å². The predicted octanol–water partition coefficient (Wildman–Crippen LogP) is 3.44. The molecule has 0 unspecified atom stereocenters. The SMILES string of the molecule is O=C(CCC1(CO)CCOCC1)C1(OCc2cc(=O)n3[nH]c(-c4ccccc4)nc3n2)CCCCC1. The second-order valence-electron chi connectivity index (χ2n) is 10.2. The van der Waals surface area contributed by atoms with Gasteiger partial charge in [-0.15, -0.1) is 0 Å². The van der Waals surface area contributed by atoms with Gasteiger partial charge in [-0.25, -0.2) is 4.98 Å². The minimum absolute atomic E-state index is 0.0695. The zero-order chi connectivity index (χ0) is 25.0. The van der Waals surface area contributed by atoms with Gasteiger partial charge in [0.1, 0.15) is 5.60 Å². The minimum Gasteiger partial charge on any atom is -0.396 e. The van der Waals surface area contributed by atoms with E-state index in [2.05, 4.69) is 15.1 Å². The molecule has 9 heteroatoms. The molecule has 2 fully saturated rings. The van der Waals surface area contributed by atoms with Gasteiger partial charge in [-0.1, -0.05) is 49.6 Å². The molecule has 0 bridgehead atoms. The Morgan fingerprint density at radius 2 is 1.83 bits per heavy atom. The number of hydrogen-bond donors (Lipinski definition) is 2. The number of nitrogens with one attached hydrogen (secondary N) is 1. The van der Waals surface area contributed by atoms with E-state index in [1.54, 1.807) is 0 Å². The maximum absolute atomic E-state index is 13.5. The second-order valence-corrected chi connectivity index (χ2v) is 10.2. The summed E-state index contributed by atoms with van der Waals surface area (Å²) < 4.78 is 13.1. The number of rotatable bonds is 9. The maximum atomic E-state index is 13.5. The van der Waals surface area contributed by atoms with E-state index in [-0.39, 0.29) is 35.7 Å². The number of ether oxygens (including phenoxy) is 2. The summed E-state index contributed by atoms with van der Waals surface area (Å²) in [5.41, 5.74) is -0.0753. The number of hydrogen-bond acceptors (Lipinski definition) is 7. The molecule has 3 heterocycles. The molecule has 36 heavy (non-hydrogen) atoms. The van der Waals surface area contributed by atoms with Crippen LogP contribution in [0.15, 0.2) is 41.2 Å². The number of aliphatic hydroxyl groups is 1. The fourth-order valence-electron chi connectivity index (χ4n) is 5.46. The Bertz CT molecular complexity index is 1240. The Balaban J connectivity index is 1.32. The van der Waals surface area contributed by atoms with Crippen molar-refractivity contribution < 1.29 is 19.4 Å². The van der Waals surface area contributed by atoms with Crippen LogP contribution in [0.3, 0.4) is 0 Å². The largest absolute Gasteiger partial charge is 0.396 e. The normalized spacial score (nSPS) is 19.4. The van der Waals surface area contributed by atoms with Crippen LogP contribution in [0.2, 0.25) is 0 Å². The highest BCUT2D eigenvalue weighted by Crippen LogP contribution is 2.39. The van der Waals surface area contributed by atoms with E-state index in [1.807, 2.05) is 30.3 Å². The quantitative estimate of drug-likeness (QED) is 0.468. The van der Waals surface area contributed by atoms with Crippen LogP contribution >= 0.6 is 0 Å². The smallest absolute Gasteiger partial charge is 0.274 e. The van der Waals surface area contributed by atoms with Gasteiger partial charge in [-0.05, 0) is 37.5 Å². The number of ketones is 1.